The Kier molecular flexibility index (Phi) is 8.36. The molecule has 2 aromatic rings. The molecule has 172 valence electrons. The smallest absolute Gasteiger partial charge is 0.338 e. The van der Waals surface area contributed by atoms with Crippen molar-refractivity contribution in [3.8, 4) is 0 Å². The largest absolute Gasteiger partial charge is 0.449 e. The van der Waals surface area contributed by atoms with Crippen molar-refractivity contribution in [2.45, 2.75) is 38.7 Å². The van der Waals surface area contributed by atoms with Crippen LogP contribution >= 0.6 is 0 Å². The van der Waals surface area contributed by atoms with Crippen LogP contribution in [0.3, 0.4) is 0 Å². The van der Waals surface area contributed by atoms with E-state index >= 15 is 0 Å². The summed E-state index contributed by atoms with van der Waals surface area (Å²) in [6.45, 7) is 6.86. The summed E-state index contributed by atoms with van der Waals surface area (Å²) in [5.74, 6) is -1.69. The van der Waals surface area contributed by atoms with Crippen molar-refractivity contribution < 1.29 is 27.5 Å². The van der Waals surface area contributed by atoms with Crippen molar-refractivity contribution in [1.82, 2.24) is 10.6 Å². The standard InChI is InChI=1S/C22H27N3O6S/c1-5-23-22(28)24-20(26)16(4)31-21(27)17-13-12-15(3)19(14-17)32(29,30)25(6-2)18-10-8-7-9-11-18/h7-14,16H,5-6H2,1-4H3,(H2,23,24,26,28)/t16-/m0/s1. The Balaban J connectivity index is 2.27. The monoisotopic (exact) mass is 461 g/mol. The number of hydrogen-bond donors (Lipinski definition) is 2. The Hall–Kier alpha value is -3.40. The number of nitrogens with zero attached hydrogens (tertiary/aromatic N) is 1. The maximum absolute atomic E-state index is 13.3. The fraction of sp³-hybridized carbons (Fsp3) is 0.318. The van der Waals surface area contributed by atoms with Crippen LogP contribution in [-0.2, 0) is 19.6 Å². The number of carbonyl (C=O) groups is 3. The van der Waals surface area contributed by atoms with E-state index in [0.717, 1.165) is 0 Å². The molecule has 9 nitrogen and oxygen atoms in total. The van der Waals surface area contributed by atoms with Crippen LogP contribution in [0, 0.1) is 6.92 Å². The predicted molar refractivity (Wildman–Crippen MR) is 120 cm³/mol. The summed E-state index contributed by atoms with van der Waals surface area (Å²) < 4.78 is 33.0. The number of benzene rings is 2. The zero-order valence-electron chi connectivity index (χ0n) is 18.4. The lowest BCUT2D eigenvalue weighted by Gasteiger charge is -2.24. The third-order valence-electron chi connectivity index (χ3n) is 4.55. The van der Waals surface area contributed by atoms with Crippen LogP contribution in [0.25, 0.3) is 0 Å². The number of rotatable bonds is 8. The Morgan fingerprint density at radius 3 is 2.31 bits per heavy atom. The highest BCUT2D eigenvalue weighted by Crippen LogP contribution is 2.26. The highest BCUT2D eigenvalue weighted by Gasteiger charge is 2.27. The first kappa shape index (κ1) is 24.9. The van der Waals surface area contributed by atoms with Gasteiger partial charge in [0.1, 0.15) is 0 Å². The number of aryl methyl sites for hydroxylation is 1. The number of amides is 3. The van der Waals surface area contributed by atoms with Gasteiger partial charge in [-0.2, -0.15) is 0 Å². The first-order valence-electron chi connectivity index (χ1n) is 10.1. The van der Waals surface area contributed by atoms with E-state index in [1.807, 2.05) is 0 Å². The van der Waals surface area contributed by atoms with Gasteiger partial charge in [0.25, 0.3) is 15.9 Å². The summed E-state index contributed by atoms with van der Waals surface area (Å²) in [6, 6.07) is 12.1. The van der Waals surface area contributed by atoms with Crippen molar-refractivity contribution in [2.75, 3.05) is 17.4 Å². The van der Waals surface area contributed by atoms with Crippen molar-refractivity contribution in [3.05, 3.63) is 59.7 Å². The molecule has 0 heterocycles. The zero-order valence-corrected chi connectivity index (χ0v) is 19.2. The topological polar surface area (TPSA) is 122 Å². The van der Waals surface area contributed by atoms with Crippen LogP contribution in [-0.4, -0.2) is 45.5 Å². The minimum absolute atomic E-state index is 0.0315. The number of ether oxygens (including phenoxy) is 1. The number of anilines is 1. The Morgan fingerprint density at radius 2 is 1.72 bits per heavy atom. The first-order valence-corrected chi connectivity index (χ1v) is 11.5. The second-order valence-corrected chi connectivity index (χ2v) is 8.71. The number of nitrogens with one attached hydrogen (secondary N) is 2. The SMILES string of the molecule is CCNC(=O)NC(=O)[C@H](C)OC(=O)c1ccc(C)c(S(=O)(=O)N(CC)c2ccccc2)c1. The molecule has 0 aliphatic carbocycles. The maximum Gasteiger partial charge on any atom is 0.338 e. The molecule has 32 heavy (non-hydrogen) atoms. The van der Waals surface area contributed by atoms with E-state index < -0.39 is 34.0 Å². The summed E-state index contributed by atoms with van der Waals surface area (Å²) in [4.78, 5) is 36.0. The summed E-state index contributed by atoms with van der Waals surface area (Å²) in [5, 5.41) is 4.45. The predicted octanol–water partition coefficient (Wildman–Crippen LogP) is 2.60. The molecule has 0 unspecified atom stereocenters. The summed E-state index contributed by atoms with van der Waals surface area (Å²) >= 11 is 0. The first-order chi connectivity index (χ1) is 15.1. The molecule has 0 radical (unpaired) electrons. The average molecular weight is 462 g/mol. The van der Waals surface area contributed by atoms with Gasteiger partial charge >= 0.3 is 12.0 Å². The van der Waals surface area contributed by atoms with Crippen molar-refractivity contribution >= 4 is 33.6 Å². The van der Waals surface area contributed by atoms with E-state index in [9.17, 15) is 22.8 Å². The second-order valence-electron chi connectivity index (χ2n) is 6.88. The molecule has 1 atom stereocenters. The number of hydrogen-bond acceptors (Lipinski definition) is 6. The Bertz CT molecular complexity index is 1090. The molecule has 0 aliphatic heterocycles. The molecule has 2 N–H and O–H groups in total. The van der Waals surface area contributed by atoms with Gasteiger partial charge in [-0.1, -0.05) is 24.3 Å². The van der Waals surface area contributed by atoms with E-state index in [-0.39, 0.29) is 17.0 Å². The molecule has 3 amide bonds. The summed E-state index contributed by atoms with van der Waals surface area (Å²) in [7, 11) is -3.96. The van der Waals surface area contributed by atoms with Crippen molar-refractivity contribution in [1.29, 1.82) is 0 Å². The van der Waals surface area contributed by atoms with Gasteiger partial charge in [-0.25, -0.2) is 18.0 Å². The quantitative estimate of drug-likeness (QED) is 0.583. The lowest BCUT2D eigenvalue weighted by atomic mass is 10.1. The Labute approximate surface area is 187 Å². The van der Waals surface area contributed by atoms with Crippen LogP contribution in [0.2, 0.25) is 0 Å². The zero-order chi connectivity index (χ0) is 23.9. The minimum atomic E-state index is -3.96. The van der Waals surface area contributed by atoms with Crippen molar-refractivity contribution in [3.63, 3.8) is 0 Å². The summed E-state index contributed by atoms with van der Waals surface area (Å²) in [6.07, 6.45) is -1.26. The van der Waals surface area contributed by atoms with Gasteiger partial charge in [0.15, 0.2) is 6.10 Å². The molecular formula is C22H27N3O6S. The van der Waals surface area contributed by atoms with E-state index in [4.69, 9.17) is 4.74 Å². The van der Waals surface area contributed by atoms with Crippen LogP contribution in [0.15, 0.2) is 53.4 Å². The fourth-order valence-electron chi connectivity index (χ4n) is 2.91. The van der Waals surface area contributed by atoms with E-state index in [2.05, 4.69) is 10.6 Å². The highest BCUT2D eigenvalue weighted by molar-refractivity contribution is 7.92. The normalized spacial score (nSPS) is 11.9. The molecule has 0 aliphatic rings. The number of imide groups is 1. The molecule has 0 aromatic heterocycles. The molecule has 0 spiro atoms. The van der Waals surface area contributed by atoms with Gasteiger partial charge in [-0.3, -0.25) is 14.4 Å². The second kappa shape index (κ2) is 10.8. The molecule has 10 heteroatoms. The fourth-order valence-corrected chi connectivity index (χ4v) is 4.64. The maximum atomic E-state index is 13.3. The van der Waals surface area contributed by atoms with Crippen LogP contribution < -0.4 is 14.9 Å². The Morgan fingerprint density at radius 1 is 1.06 bits per heavy atom. The van der Waals surface area contributed by atoms with E-state index in [1.54, 1.807) is 51.1 Å². The minimum Gasteiger partial charge on any atom is -0.449 e. The molecular weight excluding hydrogens is 434 g/mol. The van der Waals surface area contributed by atoms with E-state index in [0.29, 0.717) is 17.8 Å². The molecule has 0 saturated heterocycles. The van der Waals surface area contributed by atoms with Gasteiger partial charge in [-0.15, -0.1) is 0 Å². The number of urea groups is 1. The van der Waals surface area contributed by atoms with Gasteiger partial charge in [0.2, 0.25) is 0 Å². The third-order valence-corrected chi connectivity index (χ3v) is 6.60. The van der Waals surface area contributed by atoms with Crippen molar-refractivity contribution in [2.24, 2.45) is 0 Å². The van der Waals surface area contributed by atoms with E-state index in [1.165, 1.54) is 29.4 Å². The lowest BCUT2D eigenvalue weighted by molar-refractivity contribution is -0.127. The highest BCUT2D eigenvalue weighted by atomic mass is 32.2. The number of carbonyl (C=O) groups excluding carboxylic acids is 3. The number of para-hydroxylation sites is 1. The van der Waals surface area contributed by atoms with Crippen LogP contribution in [0.1, 0.15) is 36.7 Å². The number of esters is 1. The summed E-state index contributed by atoms with van der Waals surface area (Å²) in [5.41, 5.74) is 0.923. The molecule has 2 rings (SSSR count). The molecule has 0 saturated carbocycles. The lowest BCUT2D eigenvalue weighted by Crippen LogP contribution is -2.44. The van der Waals surface area contributed by atoms with Gasteiger partial charge in [0, 0.05) is 13.1 Å². The number of sulfonamides is 1. The van der Waals surface area contributed by atoms with Crippen LogP contribution in [0.5, 0.6) is 0 Å². The molecule has 2 aromatic carbocycles. The van der Waals surface area contributed by atoms with Crippen LogP contribution in [0.4, 0.5) is 10.5 Å². The van der Waals surface area contributed by atoms with Gasteiger partial charge in [0.05, 0.1) is 16.1 Å². The van der Waals surface area contributed by atoms with Gasteiger partial charge < -0.3 is 10.1 Å². The molecule has 0 fully saturated rings. The molecule has 0 bridgehead atoms. The average Bonchev–Trinajstić information content (AvgIpc) is 2.75. The van der Waals surface area contributed by atoms with Gasteiger partial charge in [-0.05, 0) is 57.5 Å². The third kappa shape index (κ3) is 5.85.